The summed E-state index contributed by atoms with van der Waals surface area (Å²) in [6.07, 6.45) is -1.87. The summed E-state index contributed by atoms with van der Waals surface area (Å²) in [6, 6.07) is 0.335. The highest BCUT2D eigenvalue weighted by Crippen LogP contribution is 2.30. The van der Waals surface area contributed by atoms with Gasteiger partial charge >= 0.3 is 5.69 Å². The van der Waals surface area contributed by atoms with Crippen molar-refractivity contribution in [3.63, 3.8) is 0 Å². The lowest BCUT2D eigenvalue weighted by Crippen LogP contribution is -2.34. The van der Waals surface area contributed by atoms with E-state index in [0.29, 0.717) is 0 Å². The maximum atomic E-state index is 11.7. The summed E-state index contributed by atoms with van der Waals surface area (Å²) in [5.41, 5.74) is 13.2. The van der Waals surface area contributed by atoms with Crippen molar-refractivity contribution >= 4 is 5.82 Å². The molecule has 0 amide bonds. The van der Waals surface area contributed by atoms with Gasteiger partial charge in [0.05, 0.1) is 12.7 Å². The van der Waals surface area contributed by atoms with Crippen LogP contribution in [0.2, 0.25) is 0 Å². The van der Waals surface area contributed by atoms with Crippen LogP contribution in [-0.4, -0.2) is 44.6 Å². The molecule has 4 N–H and O–H groups in total. The highest BCUT2D eigenvalue weighted by Gasteiger charge is 2.44. The van der Waals surface area contributed by atoms with Crippen LogP contribution < -0.4 is 11.4 Å². The van der Waals surface area contributed by atoms with Crippen LogP contribution in [0.5, 0.6) is 0 Å². The number of ether oxygens (including phenoxy) is 1. The van der Waals surface area contributed by atoms with E-state index in [1.54, 1.807) is 0 Å². The summed E-state index contributed by atoms with van der Waals surface area (Å²) in [5, 5.41) is 22.3. The predicted octanol–water partition coefficient (Wildman–Crippen LogP) is -1.24. The second kappa shape index (κ2) is 5.24. The highest BCUT2D eigenvalue weighted by molar-refractivity contribution is 5.23. The maximum Gasteiger partial charge on any atom is 0.351 e. The Morgan fingerprint density at radius 2 is 2.42 bits per heavy atom. The number of nitrogens with zero attached hydrogens (tertiary/aromatic N) is 5. The number of azide groups is 1. The van der Waals surface area contributed by atoms with E-state index in [-0.39, 0.29) is 5.82 Å². The normalized spacial score (nSPS) is 30.0. The standard InChI is InChI=1S/C9H12N6O4/c10-5-1-2-15(9(18)12-5)8-6(13-14-11)7(17)4(3-16)19-8/h1-2,4,6-8,16-17H,3H2,(H2,10,12,18)/t4-,6+,7?,8-/m1/s1. The number of nitrogen functional groups attached to an aromatic ring is 1. The number of hydrogen-bond donors (Lipinski definition) is 3. The van der Waals surface area contributed by atoms with Gasteiger partial charge in [0, 0.05) is 11.1 Å². The number of aliphatic hydroxyl groups is 2. The molecule has 10 nitrogen and oxygen atoms in total. The van der Waals surface area contributed by atoms with Gasteiger partial charge in [-0.25, -0.2) is 4.79 Å². The van der Waals surface area contributed by atoms with Crippen molar-refractivity contribution in [1.29, 1.82) is 0 Å². The average Bonchev–Trinajstić information content (AvgIpc) is 2.68. The van der Waals surface area contributed by atoms with Crippen LogP contribution >= 0.6 is 0 Å². The van der Waals surface area contributed by atoms with Crippen LogP contribution in [0.15, 0.2) is 22.2 Å². The van der Waals surface area contributed by atoms with Crippen LogP contribution in [0.25, 0.3) is 10.4 Å². The third-order valence-electron chi connectivity index (χ3n) is 2.83. The fourth-order valence-corrected chi connectivity index (χ4v) is 1.91. The Morgan fingerprint density at radius 3 is 3.00 bits per heavy atom. The van der Waals surface area contributed by atoms with Gasteiger partial charge in [0.1, 0.15) is 24.2 Å². The highest BCUT2D eigenvalue weighted by atomic mass is 16.5. The van der Waals surface area contributed by atoms with Gasteiger partial charge in [-0.15, -0.1) is 0 Å². The summed E-state index contributed by atoms with van der Waals surface area (Å²) in [6.45, 7) is -0.466. The molecule has 10 heteroatoms. The molecule has 2 heterocycles. The molecular formula is C9H12N6O4. The van der Waals surface area contributed by atoms with Crippen LogP contribution in [0.1, 0.15) is 6.23 Å². The number of aromatic nitrogens is 2. The first-order valence-electron chi connectivity index (χ1n) is 5.41. The van der Waals surface area contributed by atoms with E-state index in [1.165, 1.54) is 12.3 Å². The molecule has 0 aromatic carbocycles. The molecule has 0 radical (unpaired) electrons. The topological polar surface area (TPSA) is 159 Å². The Kier molecular flexibility index (Phi) is 3.67. The average molecular weight is 268 g/mol. The Labute approximate surface area is 106 Å². The van der Waals surface area contributed by atoms with Gasteiger partial charge in [-0.3, -0.25) is 4.57 Å². The van der Waals surface area contributed by atoms with E-state index in [1.807, 2.05) is 0 Å². The first-order chi connectivity index (χ1) is 9.08. The van der Waals surface area contributed by atoms with Gasteiger partial charge in [0.25, 0.3) is 0 Å². The van der Waals surface area contributed by atoms with Gasteiger partial charge in [-0.1, -0.05) is 5.11 Å². The number of anilines is 1. The quantitative estimate of drug-likeness (QED) is 0.353. The zero-order valence-corrected chi connectivity index (χ0v) is 9.70. The van der Waals surface area contributed by atoms with Crippen LogP contribution in [-0.2, 0) is 4.74 Å². The molecule has 0 bridgehead atoms. The van der Waals surface area contributed by atoms with Crippen molar-refractivity contribution in [3.05, 3.63) is 33.2 Å². The molecule has 1 aromatic heterocycles. The van der Waals surface area contributed by atoms with E-state index in [4.69, 9.17) is 21.1 Å². The molecule has 1 aliphatic heterocycles. The lowest BCUT2D eigenvalue weighted by Gasteiger charge is -2.17. The number of rotatable bonds is 3. The van der Waals surface area contributed by atoms with Crippen molar-refractivity contribution in [1.82, 2.24) is 9.55 Å². The number of nitrogens with two attached hydrogens (primary N) is 1. The minimum absolute atomic E-state index is 0.0406. The van der Waals surface area contributed by atoms with Gasteiger partial charge in [0.2, 0.25) is 0 Å². The van der Waals surface area contributed by atoms with Gasteiger partial charge in [-0.2, -0.15) is 4.98 Å². The lowest BCUT2D eigenvalue weighted by molar-refractivity contribution is -0.0464. The first-order valence-corrected chi connectivity index (χ1v) is 5.41. The molecular weight excluding hydrogens is 256 g/mol. The smallest absolute Gasteiger partial charge is 0.351 e. The van der Waals surface area contributed by atoms with Crippen LogP contribution in [0, 0.1) is 0 Å². The molecule has 1 aromatic rings. The van der Waals surface area contributed by atoms with Crippen LogP contribution in [0.3, 0.4) is 0 Å². The van der Waals surface area contributed by atoms with Gasteiger partial charge in [-0.05, 0) is 11.6 Å². The first kappa shape index (κ1) is 13.3. The van der Waals surface area contributed by atoms with Gasteiger partial charge in [0.15, 0.2) is 0 Å². The Hall–Kier alpha value is -2.13. The van der Waals surface area contributed by atoms with Crippen molar-refractivity contribution in [2.75, 3.05) is 12.3 Å². The summed E-state index contributed by atoms with van der Waals surface area (Å²) >= 11 is 0. The molecule has 0 saturated carbocycles. The van der Waals surface area contributed by atoms with E-state index in [0.717, 1.165) is 4.57 Å². The number of aliphatic hydroxyl groups excluding tert-OH is 2. The van der Waals surface area contributed by atoms with Crippen LogP contribution in [0.4, 0.5) is 5.82 Å². The third kappa shape index (κ3) is 2.37. The Morgan fingerprint density at radius 1 is 1.68 bits per heavy atom. The summed E-state index contributed by atoms with van der Waals surface area (Å²) < 4.78 is 6.36. The fourth-order valence-electron chi connectivity index (χ4n) is 1.91. The minimum Gasteiger partial charge on any atom is -0.394 e. The Bertz CT molecular complexity index is 568. The molecule has 4 atom stereocenters. The molecule has 0 spiro atoms. The second-order valence-corrected chi connectivity index (χ2v) is 3.98. The third-order valence-corrected chi connectivity index (χ3v) is 2.83. The SMILES string of the molecule is [N-]=[N+]=N[C@H]1C(O)[C@@H](CO)O[C@H]1n1ccc(N)nc1=O. The maximum absolute atomic E-state index is 11.7. The predicted molar refractivity (Wildman–Crippen MR) is 62.8 cm³/mol. The molecule has 1 unspecified atom stereocenters. The van der Waals surface area contributed by atoms with E-state index >= 15 is 0 Å². The summed E-state index contributed by atoms with van der Waals surface area (Å²) in [4.78, 5) is 17.8. The zero-order valence-electron chi connectivity index (χ0n) is 9.70. The largest absolute Gasteiger partial charge is 0.394 e. The van der Waals surface area contributed by atoms with Crippen molar-refractivity contribution < 1.29 is 14.9 Å². The molecule has 1 saturated heterocycles. The van der Waals surface area contributed by atoms with E-state index < -0.39 is 36.8 Å². The summed E-state index contributed by atoms with van der Waals surface area (Å²) in [7, 11) is 0. The molecule has 2 rings (SSSR count). The monoisotopic (exact) mass is 268 g/mol. The van der Waals surface area contributed by atoms with E-state index in [2.05, 4.69) is 15.0 Å². The van der Waals surface area contributed by atoms with Gasteiger partial charge < -0.3 is 20.7 Å². The molecule has 102 valence electrons. The van der Waals surface area contributed by atoms with Crippen molar-refractivity contribution in [2.45, 2.75) is 24.5 Å². The second-order valence-electron chi connectivity index (χ2n) is 3.98. The number of hydrogen-bond acceptors (Lipinski definition) is 7. The summed E-state index contributed by atoms with van der Waals surface area (Å²) in [5.74, 6) is 0.0406. The zero-order chi connectivity index (χ0) is 14.0. The molecule has 1 aliphatic rings. The van der Waals surface area contributed by atoms with Crippen molar-refractivity contribution in [2.24, 2.45) is 5.11 Å². The van der Waals surface area contributed by atoms with E-state index in [9.17, 15) is 9.90 Å². The lowest BCUT2D eigenvalue weighted by atomic mass is 10.1. The minimum atomic E-state index is -1.21. The van der Waals surface area contributed by atoms with Crippen molar-refractivity contribution in [3.8, 4) is 0 Å². The Balaban J connectivity index is 2.41. The molecule has 0 aliphatic carbocycles. The molecule has 19 heavy (non-hydrogen) atoms. The molecule has 1 fully saturated rings. The fraction of sp³-hybridized carbons (Fsp3) is 0.556.